The van der Waals surface area contributed by atoms with Crippen LogP contribution in [0.2, 0.25) is 0 Å². The largest absolute Gasteiger partial charge is 0.393 e. The Hall–Kier alpha value is -2.27. The lowest BCUT2D eigenvalue weighted by atomic mass is 9.83. The molecule has 4 nitrogen and oxygen atoms in total. The van der Waals surface area contributed by atoms with E-state index in [4.69, 9.17) is 0 Å². The Kier molecular flexibility index (Phi) is 5.43. The second-order valence-electron chi connectivity index (χ2n) is 6.77. The highest BCUT2D eigenvalue weighted by Gasteiger charge is 2.25. The van der Waals surface area contributed by atoms with E-state index in [-0.39, 0.29) is 23.9 Å². The summed E-state index contributed by atoms with van der Waals surface area (Å²) in [5.41, 5.74) is 1.81. The van der Waals surface area contributed by atoms with Crippen LogP contribution >= 0.6 is 0 Å². The minimum atomic E-state index is -0.311. The van der Waals surface area contributed by atoms with Gasteiger partial charge < -0.3 is 10.4 Å². The molecule has 2 aromatic rings. The SMILES string of the molecule is CC(O)[C@H]1CC[C@H](NC(=O)c2ccc(-c3cccc(F)c3)nc2)CC1. The molecule has 25 heavy (non-hydrogen) atoms. The molecular weight excluding hydrogens is 319 g/mol. The molecule has 1 aromatic carbocycles. The van der Waals surface area contributed by atoms with Crippen molar-refractivity contribution in [3.63, 3.8) is 0 Å². The molecule has 3 rings (SSSR count). The van der Waals surface area contributed by atoms with E-state index in [1.807, 2.05) is 6.92 Å². The van der Waals surface area contributed by atoms with Crippen LogP contribution in [0, 0.1) is 11.7 Å². The Morgan fingerprint density at radius 3 is 2.60 bits per heavy atom. The van der Waals surface area contributed by atoms with Crippen molar-refractivity contribution in [3.8, 4) is 11.3 Å². The summed E-state index contributed by atoms with van der Waals surface area (Å²) in [6.45, 7) is 1.83. The van der Waals surface area contributed by atoms with Crippen LogP contribution in [0.3, 0.4) is 0 Å². The molecule has 0 bridgehead atoms. The standard InChI is InChI=1S/C20H23FN2O2/c1-13(24)14-5-8-18(9-6-14)23-20(25)16-7-10-19(22-12-16)15-3-2-4-17(21)11-15/h2-4,7,10-14,18,24H,5-6,8-9H2,1H3,(H,23,25)/t13?,14-,18-. The monoisotopic (exact) mass is 342 g/mol. The highest BCUT2D eigenvalue weighted by Crippen LogP contribution is 2.27. The van der Waals surface area contributed by atoms with Gasteiger partial charge in [-0.05, 0) is 62.8 Å². The first kappa shape index (κ1) is 17.5. The molecule has 0 spiro atoms. The molecule has 1 amide bonds. The number of hydrogen-bond acceptors (Lipinski definition) is 3. The highest BCUT2D eigenvalue weighted by atomic mass is 19.1. The zero-order valence-corrected chi connectivity index (χ0v) is 14.3. The topological polar surface area (TPSA) is 62.2 Å². The van der Waals surface area contributed by atoms with Crippen LogP contribution in [0.5, 0.6) is 0 Å². The maximum Gasteiger partial charge on any atom is 0.253 e. The van der Waals surface area contributed by atoms with Gasteiger partial charge in [-0.2, -0.15) is 0 Å². The third-order valence-corrected chi connectivity index (χ3v) is 4.94. The van der Waals surface area contributed by atoms with Crippen molar-refractivity contribution >= 4 is 5.91 Å². The molecule has 0 radical (unpaired) electrons. The van der Waals surface area contributed by atoms with Gasteiger partial charge in [0.2, 0.25) is 0 Å². The predicted octanol–water partition coefficient (Wildman–Crippen LogP) is 3.56. The van der Waals surface area contributed by atoms with Gasteiger partial charge in [-0.1, -0.05) is 12.1 Å². The lowest BCUT2D eigenvalue weighted by molar-refractivity contribution is 0.0832. The number of nitrogens with one attached hydrogen (secondary N) is 1. The summed E-state index contributed by atoms with van der Waals surface area (Å²) in [6, 6.07) is 9.81. The molecule has 1 unspecified atom stereocenters. The second kappa shape index (κ2) is 7.74. The van der Waals surface area contributed by atoms with Crippen LogP contribution in [0.4, 0.5) is 4.39 Å². The Morgan fingerprint density at radius 1 is 1.24 bits per heavy atom. The molecular formula is C20H23FN2O2. The number of carbonyl (C=O) groups excluding carboxylic acids is 1. The Morgan fingerprint density at radius 2 is 2.00 bits per heavy atom. The van der Waals surface area contributed by atoms with Gasteiger partial charge in [-0.25, -0.2) is 4.39 Å². The second-order valence-corrected chi connectivity index (χ2v) is 6.77. The highest BCUT2D eigenvalue weighted by molar-refractivity contribution is 5.94. The van der Waals surface area contributed by atoms with Gasteiger partial charge in [0.05, 0.1) is 17.4 Å². The maximum absolute atomic E-state index is 13.3. The Balaban J connectivity index is 1.60. The average Bonchev–Trinajstić information content (AvgIpc) is 2.62. The fourth-order valence-corrected chi connectivity index (χ4v) is 3.36. The lowest BCUT2D eigenvalue weighted by Gasteiger charge is -2.30. The third kappa shape index (κ3) is 4.42. The number of pyridine rings is 1. The van der Waals surface area contributed by atoms with Crippen molar-refractivity contribution in [2.24, 2.45) is 5.92 Å². The van der Waals surface area contributed by atoms with Gasteiger partial charge in [-0.15, -0.1) is 0 Å². The van der Waals surface area contributed by atoms with E-state index in [0.29, 0.717) is 22.7 Å². The first-order valence-corrected chi connectivity index (χ1v) is 8.74. The summed E-state index contributed by atoms with van der Waals surface area (Å²) >= 11 is 0. The van der Waals surface area contributed by atoms with Crippen LogP contribution in [-0.4, -0.2) is 28.1 Å². The summed E-state index contributed by atoms with van der Waals surface area (Å²) in [5.74, 6) is -0.118. The van der Waals surface area contributed by atoms with Gasteiger partial charge >= 0.3 is 0 Å². The van der Waals surface area contributed by atoms with E-state index < -0.39 is 0 Å². The van der Waals surface area contributed by atoms with Gasteiger partial charge in [-0.3, -0.25) is 9.78 Å². The number of aromatic nitrogens is 1. The van der Waals surface area contributed by atoms with Gasteiger partial charge in [0.15, 0.2) is 0 Å². The quantitative estimate of drug-likeness (QED) is 0.893. The number of aliphatic hydroxyl groups excluding tert-OH is 1. The van der Waals surface area contributed by atoms with Crippen molar-refractivity contribution in [1.82, 2.24) is 10.3 Å². The summed E-state index contributed by atoms with van der Waals surface area (Å²) in [6.07, 6.45) is 4.87. The number of hydrogen-bond donors (Lipinski definition) is 2. The number of nitrogens with zero attached hydrogens (tertiary/aromatic N) is 1. The summed E-state index contributed by atoms with van der Waals surface area (Å²) < 4.78 is 13.3. The normalized spacial score (nSPS) is 21.6. The predicted molar refractivity (Wildman–Crippen MR) is 94.5 cm³/mol. The van der Waals surface area contributed by atoms with Crippen LogP contribution < -0.4 is 5.32 Å². The van der Waals surface area contributed by atoms with E-state index in [1.54, 1.807) is 24.3 Å². The molecule has 1 heterocycles. The minimum absolute atomic E-state index is 0.140. The summed E-state index contributed by atoms with van der Waals surface area (Å²) in [4.78, 5) is 16.6. The first-order chi connectivity index (χ1) is 12.0. The molecule has 1 aliphatic carbocycles. The summed E-state index contributed by atoms with van der Waals surface area (Å²) in [5, 5.41) is 12.7. The molecule has 1 fully saturated rings. The number of halogens is 1. The number of aliphatic hydroxyl groups is 1. The molecule has 1 atom stereocenters. The van der Waals surface area contributed by atoms with Crippen molar-refractivity contribution in [3.05, 3.63) is 54.0 Å². The van der Waals surface area contributed by atoms with Crippen LogP contribution in [-0.2, 0) is 0 Å². The average molecular weight is 342 g/mol. The van der Waals surface area contributed by atoms with E-state index in [2.05, 4.69) is 10.3 Å². The molecule has 1 aromatic heterocycles. The van der Waals surface area contributed by atoms with Crippen molar-refractivity contribution in [2.75, 3.05) is 0 Å². The maximum atomic E-state index is 13.3. The van der Waals surface area contributed by atoms with E-state index >= 15 is 0 Å². The van der Waals surface area contributed by atoms with Crippen molar-refractivity contribution in [1.29, 1.82) is 0 Å². The zero-order valence-electron chi connectivity index (χ0n) is 14.3. The van der Waals surface area contributed by atoms with E-state index in [1.165, 1.54) is 18.3 Å². The molecule has 2 N–H and O–H groups in total. The van der Waals surface area contributed by atoms with E-state index in [0.717, 1.165) is 25.7 Å². The Bertz CT molecular complexity index is 723. The summed E-state index contributed by atoms with van der Waals surface area (Å²) in [7, 11) is 0. The fourth-order valence-electron chi connectivity index (χ4n) is 3.36. The third-order valence-electron chi connectivity index (χ3n) is 4.94. The lowest BCUT2D eigenvalue weighted by Crippen LogP contribution is -2.39. The zero-order chi connectivity index (χ0) is 17.8. The first-order valence-electron chi connectivity index (χ1n) is 8.74. The van der Waals surface area contributed by atoms with Gasteiger partial charge in [0.25, 0.3) is 5.91 Å². The van der Waals surface area contributed by atoms with Crippen LogP contribution in [0.15, 0.2) is 42.6 Å². The molecule has 0 saturated heterocycles. The fraction of sp³-hybridized carbons (Fsp3) is 0.400. The smallest absolute Gasteiger partial charge is 0.253 e. The number of amides is 1. The molecule has 0 aliphatic heterocycles. The Labute approximate surface area is 147 Å². The molecule has 1 saturated carbocycles. The molecule has 132 valence electrons. The molecule has 1 aliphatic rings. The van der Waals surface area contributed by atoms with Gasteiger partial charge in [0.1, 0.15) is 5.82 Å². The van der Waals surface area contributed by atoms with Crippen LogP contribution in [0.25, 0.3) is 11.3 Å². The number of carbonyl (C=O) groups is 1. The molecule has 5 heteroatoms. The number of benzene rings is 1. The van der Waals surface area contributed by atoms with Crippen LogP contribution in [0.1, 0.15) is 43.0 Å². The number of rotatable bonds is 4. The minimum Gasteiger partial charge on any atom is -0.393 e. The van der Waals surface area contributed by atoms with E-state index in [9.17, 15) is 14.3 Å². The van der Waals surface area contributed by atoms with Crippen molar-refractivity contribution in [2.45, 2.75) is 44.8 Å². The van der Waals surface area contributed by atoms with Gasteiger partial charge in [0, 0.05) is 17.8 Å². The van der Waals surface area contributed by atoms with Crippen molar-refractivity contribution < 1.29 is 14.3 Å².